The fourth-order valence-corrected chi connectivity index (χ4v) is 1.97. The van der Waals surface area contributed by atoms with Gasteiger partial charge in [0.15, 0.2) is 0 Å². The molecule has 1 aromatic carbocycles. The maximum Gasteiger partial charge on any atom is 0.318 e. The number of aromatic nitrogens is 5. The zero-order chi connectivity index (χ0) is 17.2. The van der Waals surface area contributed by atoms with Crippen molar-refractivity contribution in [3.05, 3.63) is 54.0 Å². The number of rotatable bonds is 5. The van der Waals surface area contributed by atoms with Crippen molar-refractivity contribution in [3.63, 3.8) is 0 Å². The topological polar surface area (TPSA) is 91.7 Å². The first kappa shape index (κ1) is 15.8. The molecule has 0 radical (unpaired) electrons. The molecule has 0 unspecified atom stereocenters. The number of nitrogen functional groups attached to an aromatic ring is 1. The predicted octanol–water partition coefficient (Wildman–Crippen LogP) is 2.33. The van der Waals surface area contributed by atoms with Crippen molar-refractivity contribution in [1.82, 2.24) is 25.0 Å². The van der Waals surface area contributed by atoms with Crippen molar-refractivity contribution in [2.45, 2.75) is 19.5 Å². The van der Waals surface area contributed by atoms with E-state index < -0.39 is 5.92 Å². The third kappa shape index (κ3) is 3.62. The third-order valence-electron chi connectivity index (χ3n) is 3.16. The molecule has 0 aliphatic carbocycles. The lowest BCUT2D eigenvalue weighted by atomic mass is 10.1. The average molecular weight is 332 g/mol. The number of hydrogen-bond donors (Lipinski definition) is 1. The molecule has 0 amide bonds. The van der Waals surface area contributed by atoms with E-state index in [0.29, 0.717) is 17.2 Å². The Hall–Kier alpha value is -3.10. The summed E-state index contributed by atoms with van der Waals surface area (Å²) in [5, 5.41) is 7.85. The smallest absolute Gasteiger partial charge is 0.318 e. The molecular formula is C15H14F2N6O. The Balaban J connectivity index is 1.74. The van der Waals surface area contributed by atoms with Crippen LogP contribution in [0.25, 0.3) is 5.69 Å². The van der Waals surface area contributed by atoms with E-state index in [1.165, 1.54) is 23.0 Å². The molecule has 0 aliphatic heterocycles. The van der Waals surface area contributed by atoms with Crippen molar-refractivity contribution in [2.75, 3.05) is 5.73 Å². The number of halogens is 2. The van der Waals surface area contributed by atoms with Gasteiger partial charge >= 0.3 is 6.01 Å². The number of nitrogens with two attached hydrogens (primary N) is 1. The van der Waals surface area contributed by atoms with Gasteiger partial charge in [-0.3, -0.25) is 0 Å². The van der Waals surface area contributed by atoms with Crippen molar-refractivity contribution in [1.29, 1.82) is 0 Å². The van der Waals surface area contributed by atoms with Crippen LogP contribution in [0.3, 0.4) is 0 Å². The first-order chi connectivity index (χ1) is 11.4. The number of nitrogens with zero attached hydrogens (tertiary/aromatic N) is 5. The summed E-state index contributed by atoms with van der Waals surface area (Å²) in [4.78, 5) is 7.80. The van der Waals surface area contributed by atoms with Crippen LogP contribution in [-0.4, -0.2) is 25.0 Å². The lowest BCUT2D eigenvalue weighted by Gasteiger charge is -2.11. The molecule has 24 heavy (non-hydrogen) atoms. The normalized spacial score (nSPS) is 11.5. The van der Waals surface area contributed by atoms with Crippen LogP contribution in [0.5, 0.6) is 6.01 Å². The average Bonchev–Trinajstić information content (AvgIpc) is 3.01. The summed E-state index contributed by atoms with van der Waals surface area (Å²) in [5.74, 6) is -2.63. The molecule has 3 rings (SSSR count). The van der Waals surface area contributed by atoms with Crippen LogP contribution in [0, 0.1) is 0 Å². The zero-order valence-corrected chi connectivity index (χ0v) is 12.7. The molecule has 0 aliphatic rings. The molecule has 2 heterocycles. The maximum absolute atomic E-state index is 13.4. The zero-order valence-electron chi connectivity index (χ0n) is 12.7. The monoisotopic (exact) mass is 332 g/mol. The van der Waals surface area contributed by atoms with Crippen LogP contribution in [0.15, 0.2) is 42.7 Å². The summed E-state index contributed by atoms with van der Waals surface area (Å²) in [7, 11) is 0. The predicted molar refractivity (Wildman–Crippen MR) is 81.7 cm³/mol. The van der Waals surface area contributed by atoms with Crippen molar-refractivity contribution in [2.24, 2.45) is 0 Å². The summed E-state index contributed by atoms with van der Waals surface area (Å²) in [5.41, 5.74) is 6.41. The number of benzene rings is 1. The van der Waals surface area contributed by atoms with Gasteiger partial charge in [-0.2, -0.15) is 4.98 Å². The summed E-state index contributed by atoms with van der Waals surface area (Å²) >= 11 is 0. The Bertz CT molecular complexity index is 846. The van der Waals surface area contributed by atoms with Gasteiger partial charge in [0.05, 0.1) is 11.9 Å². The van der Waals surface area contributed by atoms with Gasteiger partial charge < -0.3 is 10.5 Å². The van der Waals surface area contributed by atoms with E-state index in [1.54, 1.807) is 24.4 Å². The molecule has 0 saturated heterocycles. The van der Waals surface area contributed by atoms with E-state index in [1.807, 2.05) is 0 Å². The molecule has 9 heteroatoms. The van der Waals surface area contributed by atoms with Crippen molar-refractivity contribution >= 4 is 5.82 Å². The van der Waals surface area contributed by atoms with Crippen molar-refractivity contribution in [3.8, 4) is 11.7 Å². The second-order valence-corrected chi connectivity index (χ2v) is 5.15. The van der Waals surface area contributed by atoms with Gasteiger partial charge in [0.25, 0.3) is 5.92 Å². The van der Waals surface area contributed by atoms with E-state index >= 15 is 0 Å². The molecular weight excluding hydrogens is 318 g/mol. The molecule has 124 valence electrons. The Morgan fingerprint density at radius 3 is 2.88 bits per heavy atom. The molecule has 0 atom stereocenters. The molecule has 3 aromatic rings. The molecule has 2 aromatic heterocycles. The number of alkyl halides is 2. The van der Waals surface area contributed by atoms with Crippen LogP contribution in [0.2, 0.25) is 0 Å². The van der Waals surface area contributed by atoms with Crippen LogP contribution in [-0.2, 0) is 12.5 Å². The van der Waals surface area contributed by atoms with Gasteiger partial charge in [-0.25, -0.2) is 18.4 Å². The fraction of sp³-hybridized carbons (Fsp3) is 0.200. The second kappa shape index (κ2) is 6.19. The number of hydrogen-bond acceptors (Lipinski definition) is 6. The minimum atomic E-state index is -2.92. The van der Waals surface area contributed by atoms with Crippen LogP contribution in [0.4, 0.5) is 14.6 Å². The highest BCUT2D eigenvalue weighted by atomic mass is 19.3. The summed E-state index contributed by atoms with van der Waals surface area (Å²) in [6.45, 7) is 0.922. The SMILES string of the molecule is CC(F)(F)c1cccc(-n2cc(COc3nccc(N)n3)nn2)c1. The number of ether oxygens (including phenoxy) is 1. The highest BCUT2D eigenvalue weighted by Gasteiger charge is 2.24. The van der Waals surface area contributed by atoms with Gasteiger partial charge in [-0.15, -0.1) is 5.10 Å². The molecule has 0 saturated carbocycles. The minimum absolute atomic E-state index is 0.0765. The van der Waals surface area contributed by atoms with E-state index in [9.17, 15) is 8.78 Å². The Morgan fingerprint density at radius 2 is 2.12 bits per heavy atom. The van der Waals surface area contributed by atoms with Gasteiger partial charge in [0.1, 0.15) is 18.1 Å². The Morgan fingerprint density at radius 1 is 1.29 bits per heavy atom. The molecule has 0 fully saturated rings. The van der Waals surface area contributed by atoms with Gasteiger partial charge in [-0.05, 0) is 18.2 Å². The summed E-state index contributed by atoms with van der Waals surface area (Å²) < 4.78 is 33.6. The van der Waals surface area contributed by atoms with E-state index in [-0.39, 0.29) is 18.2 Å². The van der Waals surface area contributed by atoms with Crippen LogP contribution < -0.4 is 10.5 Å². The lowest BCUT2D eigenvalue weighted by molar-refractivity contribution is 0.0174. The van der Waals surface area contributed by atoms with Crippen LogP contribution in [0.1, 0.15) is 18.2 Å². The molecule has 2 N–H and O–H groups in total. The summed E-state index contributed by atoms with van der Waals surface area (Å²) in [6.07, 6.45) is 3.06. The largest absolute Gasteiger partial charge is 0.457 e. The molecule has 0 spiro atoms. The first-order valence-corrected chi connectivity index (χ1v) is 7.03. The molecule has 7 nitrogen and oxygen atoms in total. The van der Waals surface area contributed by atoms with Crippen LogP contribution >= 0.6 is 0 Å². The lowest BCUT2D eigenvalue weighted by Crippen LogP contribution is -2.08. The summed E-state index contributed by atoms with van der Waals surface area (Å²) in [6, 6.07) is 7.59. The van der Waals surface area contributed by atoms with E-state index in [2.05, 4.69) is 20.3 Å². The number of anilines is 1. The highest BCUT2D eigenvalue weighted by molar-refractivity contribution is 5.36. The maximum atomic E-state index is 13.4. The van der Waals surface area contributed by atoms with Gasteiger partial charge in [0, 0.05) is 18.7 Å². The highest BCUT2D eigenvalue weighted by Crippen LogP contribution is 2.28. The Labute approximate surface area is 136 Å². The first-order valence-electron chi connectivity index (χ1n) is 7.03. The van der Waals surface area contributed by atoms with E-state index in [0.717, 1.165) is 6.92 Å². The van der Waals surface area contributed by atoms with E-state index in [4.69, 9.17) is 10.5 Å². The quantitative estimate of drug-likeness (QED) is 0.771. The van der Waals surface area contributed by atoms with Crippen molar-refractivity contribution < 1.29 is 13.5 Å². The minimum Gasteiger partial charge on any atom is -0.457 e. The Kier molecular flexibility index (Phi) is 4.07. The van der Waals surface area contributed by atoms with Gasteiger partial charge in [0.2, 0.25) is 0 Å². The second-order valence-electron chi connectivity index (χ2n) is 5.15. The third-order valence-corrected chi connectivity index (χ3v) is 3.16. The fourth-order valence-electron chi connectivity index (χ4n) is 1.97. The standard InChI is InChI=1S/C15H14F2N6O/c1-15(16,17)10-3-2-4-12(7-10)23-8-11(21-22-23)9-24-14-19-6-5-13(18)20-14/h2-8H,9H2,1H3,(H2,18,19,20). The molecule has 0 bridgehead atoms. The van der Waals surface area contributed by atoms with Gasteiger partial charge in [-0.1, -0.05) is 17.3 Å².